The molecular formula is C46H62N8O6. The third-order valence-electron chi connectivity index (χ3n) is 10.2. The number of benzene rings is 2. The summed E-state index contributed by atoms with van der Waals surface area (Å²) in [5.41, 5.74) is 11.9. The summed E-state index contributed by atoms with van der Waals surface area (Å²) < 4.78 is 8.97. The molecule has 2 aromatic carbocycles. The molecule has 2 aliphatic heterocycles. The molecule has 14 nitrogen and oxygen atoms in total. The molecule has 2 fully saturated rings. The van der Waals surface area contributed by atoms with Crippen LogP contribution in [0.1, 0.15) is 76.4 Å². The minimum Gasteiger partial charge on any atom is -0.453 e. The van der Waals surface area contributed by atoms with E-state index in [0.717, 1.165) is 52.8 Å². The zero-order chi connectivity index (χ0) is 44.4. The Kier molecular flexibility index (Phi) is 19.3. The molecule has 3 aromatic rings. The van der Waals surface area contributed by atoms with Gasteiger partial charge in [-0.1, -0.05) is 69.9 Å². The summed E-state index contributed by atoms with van der Waals surface area (Å²) in [4.78, 5) is 66.2. The first-order valence-corrected chi connectivity index (χ1v) is 20.2. The second-order valence-electron chi connectivity index (χ2n) is 15.1. The molecule has 322 valence electrons. The summed E-state index contributed by atoms with van der Waals surface area (Å²) >= 11 is 0. The predicted molar refractivity (Wildman–Crippen MR) is 236 cm³/mol. The summed E-state index contributed by atoms with van der Waals surface area (Å²) in [7, 11) is 4.52. The Bertz CT molecular complexity index is 2010. The van der Waals surface area contributed by atoms with Crippen LogP contribution in [0.15, 0.2) is 79.1 Å². The van der Waals surface area contributed by atoms with Crippen molar-refractivity contribution in [2.24, 2.45) is 22.6 Å². The van der Waals surface area contributed by atoms with Crippen LogP contribution in [0.25, 0.3) is 22.4 Å². The monoisotopic (exact) mass is 822 g/mol. The number of aromatic nitrogens is 2. The maximum Gasteiger partial charge on any atom is 0.407 e. The molecule has 2 aliphatic rings. The summed E-state index contributed by atoms with van der Waals surface area (Å²) in [6.07, 6.45) is 7.98. The largest absolute Gasteiger partial charge is 0.453 e. The zero-order valence-electron chi connectivity index (χ0n) is 36.3. The van der Waals surface area contributed by atoms with Gasteiger partial charge in [-0.15, -0.1) is 13.2 Å². The molecule has 14 heteroatoms. The van der Waals surface area contributed by atoms with Crippen molar-refractivity contribution in [3.8, 4) is 34.2 Å². The number of H-pyrrole nitrogens is 1. The number of allylic oxidation sites excluding steroid dienone is 1. The number of likely N-dealkylation sites (tertiary alicyclic amines) is 2. The topological polar surface area (TPSA) is 184 Å². The van der Waals surface area contributed by atoms with Crippen LogP contribution in [-0.4, -0.2) is 102 Å². The van der Waals surface area contributed by atoms with Crippen molar-refractivity contribution in [2.75, 3.05) is 34.4 Å². The molecule has 60 heavy (non-hydrogen) atoms. The number of carbonyl (C=O) groups is 4. The number of ether oxygens (including phenoxy) is 2. The van der Waals surface area contributed by atoms with Gasteiger partial charge in [0.2, 0.25) is 18.2 Å². The third kappa shape index (κ3) is 12.4. The van der Waals surface area contributed by atoms with Gasteiger partial charge in [-0.3, -0.25) is 14.4 Å². The lowest BCUT2D eigenvalue weighted by atomic mass is 9.93. The third-order valence-corrected chi connectivity index (χ3v) is 10.2. The molecule has 4 amide bonds. The Morgan fingerprint density at radius 2 is 1.60 bits per heavy atom. The number of nitrogens with one attached hydrogen (secondary N) is 3. The second-order valence-corrected chi connectivity index (χ2v) is 15.1. The number of amidine groups is 1. The molecule has 2 saturated heterocycles. The number of aliphatic imine (C=N–C) groups is 1. The highest BCUT2D eigenvalue weighted by Crippen LogP contribution is 2.35. The fourth-order valence-electron chi connectivity index (χ4n) is 7.30. The number of hydrogen-bond donors (Lipinski definition) is 4. The summed E-state index contributed by atoms with van der Waals surface area (Å²) in [5.74, 6) is 6.93. The Hall–Kier alpha value is -6.20. The van der Waals surface area contributed by atoms with E-state index < -0.39 is 18.2 Å². The summed E-state index contributed by atoms with van der Waals surface area (Å²) in [5, 5.41) is 5.34. The van der Waals surface area contributed by atoms with E-state index in [0.29, 0.717) is 37.6 Å². The number of carbonyl (C=O) groups excluding carboxylic acids is 4. The normalized spacial score (nSPS) is 17.1. The van der Waals surface area contributed by atoms with Crippen LogP contribution in [0.2, 0.25) is 0 Å². The van der Waals surface area contributed by atoms with Gasteiger partial charge >= 0.3 is 6.09 Å². The second kappa shape index (κ2) is 24.0. The van der Waals surface area contributed by atoms with Crippen LogP contribution in [-0.2, 0) is 23.9 Å². The fraction of sp³-hybridized carbons (Fsp3) is 0.435. The lowest BCUT2D eigenvalue weighted by molar-refractivity contribution is -0.137. The summed E-state index contributed by atoms with van der Waals surface area (Å²) in [6.45, 7) is 16.7. The molecule has 1 aromatic heterocycles. The first-order valence-electron chi connectivity index (χ1n) is 20.2. The van der Waals surface area contributed by atoms with E-state index in [1.165, 1.54) is 7.11 Å². The first kappa shape index (κ1) is 48.2. The van der Waals surface area contributed by atoms with Gasteiger partial charge in [-0.2, -0.15) is 0 Å². The van der Waals surface area contributed by atoms with Crippen molar-refractivity contribution in [1.29, 1.82) is 0 Å². The van der Waals surface area contributed by atoms with E-state index in [1.54, 1.807) is 37.6 Å². The van der Waals surface area contributed by atoms with E-state index in [9.17, 15) is 19.2 Å². The number of alkyl carbamates (subject to hydrolysis) is 1. The molecule has 1 unspecified atom stereocenters. The lowest BCUT2D eigenvalue weighted by Crippen LogP contribution is -2.54. The number of aromatic amines is 1. The maximum atomic E-state index is 13.5. The lowest BCUT2D eigenvalue weighted by Gasteiger charge is -2.30. The molecular weight excluding hydrogens is 761 g/mol. The predicted octanol–water partition coefficient (Wildman–Crippen LogP) is 6.15. The number of nitrogens with zero attached hydrogens (tertiary/aromatic N) is 4. The van der Waals surface area contributed by atoms with Crippen molar-refractivity contribution in [2.45, 2.75) is 84.5 Å². The molecule has 0 spiro atoms. The number of methoxy groups -OCH3 is 2. The SMILES string of the molecule is C=C.COC.COC(=O)N[C@H](C(=O)N1CCC[C@H]1C(N)=N/C=C/C#Cc1c(C)cc(-c2cnc([C@@H]3CCCN3C(=O)C(NC=O)C(C)C)[nH]2)cc1-c1ccccc1)C(C)C. The molecule has 0 radical (unpaired) electrons. The molecule has 0 saturated carbocycles. The molecule has 5 rings (SSSR count). The highest BCUT2D eigenvalue weighted by molar-refractivity contribution is 5.94. The van der Waals surface area contributed by atoms with Crippen LogP contribution in [0, 0.1) is 30.6 Å². The fourth-order valence-corrected chi connectivity index (χ4v) is 7.30. The Morgan fingerprint density at radius 3 is 2.23 bits per heavy atom. The van der Waals surface area contributed by atoms with Crippen LogP contribution < -0.4 is 16.4 Å². The minimum atomic E-state index is -0.741. The van der Waals surface area contributed by atoms with E-state index in [-0.39, 0.29) is 35.7 Å². The van der Waals surface area contributed by atoms with Crippen molar-refractivity contribution in [1.82, 2.24) is 30.4 Å². The van der Waals surface area contributed by atoms with Gasteiger partial charge in [0, 0.05) is 50.7 Å². The number of nitrogens with two attached hydrogens (primary N) is 1. The van der Waals surface area contributed by atoms with E-state index >= 15 is 0 Å². The van der Waals surface area contributed by atoms with Gasteiger partial charge in [0.15, 0.2) is 0 Å². The Balaban J connectivity index is 0.00000184. The van der Waals surface area contributed by atoms with Gasteiger partial charge in [-0.25, -0.2) is 14.8 Å². The van der Waals surface area contributed by atoms with Gasteiger partial charge in [-0.05, 0) is 73.3 Å². The highest BCUT2D eigenvalue weighted by atomic mass is 16.5. The van der Waals surface area contributed by atoms with Crippen LogP contribution in [0.5, 0.6) is 0 Å². The molecule has 5 N–H and O–H groups in total. The van der Waals surface area contributed by atoms with Crippen molar-refractivity contribution < 1.29 is 28.7 Å². The summed E-state index contributed by atoms with van der Waals surface area (Å²) in [6, 6.07) is 12.3. The number of amides is 4. The Morgan fingerprint density at radius 1 is 0.967 bits per heavy atom. The molecule has 4 atom stereocenters. The number of hydrogen-bond acceptors (Lipinski definition) is 8. The van der Waals surface area contributed by atoms with Crippen molar-refractivity contribution in [3.63, 3.8) is 0 Å². The average Bonchev–Trinajstić information content (AvgIpc) is 4.05. The number of aryl methyl sites for hydroxylation is 1. The van der Waals surface area contributed by atoms with Gasteiger partial charge < -0.3 is 40.6 Å². The molecule has 0 aliphatic carbocycles. The quantitative estimate of drug-likeness (QED) is 0.0552. The maximum absolute atomic E-state index is 13.5. The zero-order valence-corrected chi connectivity index (χ0v) is 36.3. The number of rotatable bonds is 12. The van der Waals surface area contributed by atoms with E-state index in [4.69, 9.17) is 15.5 Å². The van der Waals surface area contributed by atoms with Crippen molar-refractivity contribution in [3.05, 3.63) is 91.0 Å². The van der Waals surface area contributed by atoms with Crippen LogP contribution in [0.4, 0.5) is 4.79 Å². The van der Waals surface area contributed by atoms with Crippen LogP contribution in [0.3, 0.4) is 0 Å². The van der Waals surface area contributed by atoms with E-state index in [2.05, 4.69) is 62.5 Å². The standard InChI is InChI=1S/C42H52N8O5.C2H6O.C2H4/c1-26(2)36(46-25-51)40(52)50-21-13-18-35(50)39-45-24-33(47-39)30-22-28(5)31(32(23-30)29-14-8-7-9-15-29)16-10-11-19-44-38(43)34-17-12-20-49(34)41(53)37(27(3)4)48-42(54)55-6;1-3-2;1-2/h7-9,11,14-15,19,22-27,34-37H,12-13,17-18,20-21H2,1-6H3,(H2,43,44)(H,45,47)(H,46,51)(H,48,54);1-2H3;1-2H2/b19-11+;;/t34-,35-,36?,37-;;/m0../s1. The van der Waals surface area contributed by atoms with Crippen LogP contribution >= 0.6 is 0 Å². The van der Waals surface area contributed by atoms with Gasteiger partial charge in [0.25, 0.3) is 0 Å². The smallest absolute Gasteiger partial charge is 0.407 e. The average molecular weight is 823 g/mol. The van der Waals surface area contributed by atoms with Gasteiger partial charge in [0.1, 0.15) is 23.7 Å². The Labute approximate surface area is 355 Å². The van der Waals surface area contributed by atoms with Crippen molar-refractivity contribution >= 4 is 30.2 Å². The molecule has 3 heterocycles. The minimum absolute atomic E-state index is 0.0459. The van der Waals surface area contributed by atoms with Gasteiger partial charge in [0.05, 0.1) is 31.1 Å². The van der Waals surface area contributed by atoms with E-state index in [1.807, 2.05) is 69.9 Å². The number of imidazole rings is 1. The molecule has 0 bridgehead atoms. The first-order chi connectivity index (χ1) is 28.9. The highest BCUT2D eigenvalue weighted by Gasteiger charge is 2.38.